The maximum Gasteiger partial charge on any atom is 0.334 e. The van der Waals surface area contributed by atoms with Crippen LogP contribution in [0.4, 0.5) is 0 Å². The lowest BCUT2D eigenvalue weighted by Crippen LogP contribution is -2.36. The van der Waals surface area contributed by atoms with Crippen molar-refractivity contribution in [1.29, 1.82) is 0 Å². The van der Waals surface area contributed by atoms with Crippen LogP contribution >= 0.6 is 0 Å². The quantitative estimate of drug-likeness (QED) is 0.521. The molecule has 1 atom stereocenters. The highest BCUT2D eigenvalue weighted by Crippen LogP contribution is 2.15. The second kappa shape index (κ2) is 7.51. The summed E-state index contributed by atoms with van der Waals surface area (Å²) < 4.78 is 11.4. The van der Waals surface area contributed by atoms with Crippen molar-refractivity contribution in [2.24, 2.45) is 0 Å². The van der Waals surface area contributed by atoms with Gasteiger partial charge >= 0.3 is 8.56 Å². The highest BCUT2D eigenvalue weighted by molar-refractivity contribution is 6.65. The maximum absolute atomic E-state index is 5.91. The van der Waals surface area contributed by atoms with Gasteiger partial charge in [-0.3, -0.25) is 0 Å². The highest BCUT2D eigenvalue weighted by atomic mass is 28.4. The second-order valence-corrected chi connectivity index (χ2v) is 8.22. The molecule has 0 fully saturated rings. The summed E-state index contributed by atoms with van der Waals surface area (Å²) in [6.07, 6.45) is 3.97. The SMILES string of the molecule is C=Cc1ccccc1CCCO[Si](C)(CC)OC. The minimum absolute atomic E-state index is 0.774. The topological polar surface area (TPSA) is 18.5 Å². The summed E-state index contributed by atoms with van der Waals surface area (Å²) in [7, 11) is -0.125. The van der Waals surface area contributed by atoms with Crippen LogP contribution in [-0.4, -0.2) is 22.3 Å². The first-order chi connectivity index (χ1) is 8.65. The maximum atomic E-state index is 5.91. The zero-order valence-electron chi connectivity index (χ0n) is 11.7. The largest absolute Gasteiger partial charge is 0.398 e. The summed E-state index contributed by atoms with van der Waals surface area (Å²) in [5.41, 5.74) is 2.56. The Bertz CT molecular complexity index is 373. The predicted molar refractivity (Wildman–Crippen MR) is 79.9 cm³/mol. The number of hydrogen-bond acceptors (Lipinski definition) is 2. The monoisotopic (exact) mass is 264 g/mol. The Morgan fingerprint density at radius 2 is 2.06 bits per heavy atom. The van der Waals surface area contributed by atoms with Crippen molar-refractivity contribution >= 4 is 14.6 Å². The van der Waals surface area contributed by atoms with Crippen LogP contribution in [0.3, 0.4) is 0 Å². The number of benzene rings is 1. The van der Waals surface area contributed by atoms with Crippen molar-refractivity contribution in [2.45, 2.75) is 32.4 Å². The van der Waals surface area contributed by atoms with E-state index in [1.165, 1.54) is 11.1 Å². The van der Waals surface area contributed by atoms with E-state index < -0.39 is 8.56 Å². The molecule has 0 aliphatic rings. The lowest BCUT2D eigenvalue weighted by atomic mass is 10.0. The minimum Gasteiger partial charge on any atom is -0.398 e. The van der Waals surface area contributed by atoms with Gasteiger partial charge in [0.25, 0.3) is 0 Å². The number of hydrogen-bond donors (Lipinski definition) is 0. The fraction of sp³-hybridized carbons (Fsp3) is 0.467. The van der Waals surface area contributed by atoms with E-state index >= 15 is 0 Å². The molecule has 0 radical (unpaired) electrons. The Morgan fingerprint density at radius 3 is 2.67 bits per heavy atom. The van der Waals surface area contributed by atoms with E-state index in [1.54, 1.807) is 7.11 Å². The molecule has 0 N–H and O–H groups in total. The molecule has 0 saturated carbocycles. The van der Waals surface area contributed by atoms with Gasteiger partial charge in [0.2, 0.25) is 0 Å². The van der Waals surface area contributed by atoms with Crippen LogP contribution < -0.4 is 0 Å². The van der Waals surface area contributed by atoms with Gasteiger partial charge < -0.3 is 8.85 Å². The molecule has 0 heterocycles. The molecular formula is C15H24O2Si. The Hall–Kier alpha value is -0.903. The van der Waals surface area contributed by atoms with Crippen molar-refractivity contribution in [3.05, 3.63) is 42.0 Å². The average Bonchev–Trinajstić information content (AvgIpc) is 2.43. The highest BCUT2D eigenvalue weighted by Gasteiger charge is 2.26. The Kier molecular flexibility index (Phi) is 6.33. The van der Waals surface area contributed by atoms with Gasteiger partial charge in [-0.2, -0.15) is 0 Å². The van der Waals surface area contributed by atoms with Crippen molar-refractivity contribution in [3.63, 3.8) is 0 Å². The van der Waals surface area contributed by atoms with E-state index in [0.29, 0.717) is 0 Å². The smallest absolute Gasteiger partial charge is 0.334 e. The first-order valence-electron chi connectivity index (χ1n) is 6.54. The van der Waals surface area contributed by atoms with Crippen LogP contribution in [0.2, 0.25) is 12.6 Å². The van der Waals surface area contributed by atoms with E-state index in [-0.39, 0.29) is 0 Å². The van der Waals surface area contributed by atoms with Crippen molar-refractivity contribution in [2.75, 3.05) is 13.7 Å². The number of rotatable bonds is 8. The standard InChI is InChI=1S/C15H24O2Si/c1-5-14-10-7-8-11-15(14)12-9-13-17-18(4,6-2)16-3/h5,7-8,10-11H,1,6,9,12-13H2,2-4H3. The van der Waals surface area contributed by atoms with Gasteiger partial charge in [0.15, 0.2) is 0 Å². The summed E-state index contributed by atoms with van der Waals surface area (Å²) >= 11 is 0. The molecule has 100 valence electrons. The van der Waals surface area contributed by atoms with Gasteiger partial charge in [-0.25, -0.2) is 0 Å². The van der Waals surface area contributed by atoms with Gasteiger partial charge in [-0.1, -0.05) is 43.8 Å². The van der Waals surface area contributed by atoms with Crippen LogP contribution in [0, 0.1) is 0 Å². The van der Waals surface area contributed by atoms with Crippen LogP contribution in [-0.2, 0) is 15.3 Å². The molecule has 18 heavy (non-hydrogen) atoms. The number of aryl methyl sites for hydroxylation is 1. The molecular weight excluding hydrogens is 240 g/mol. The van der Waals surface area contributed by atoms with Gasteiger partial charge in [-0.05, 0) is 36.6 Å². The van der Waals surface area contributed by atoms with Gasteiger partial charge in [-0.15, -0.1) is 0 Å². The fourth-order valence-electron chi connectivity index (χ4n) is 1.82. The van der Waals surface area contributed by atoms with Crippen LogP contribution in [0.15, 0.2) is 30.8 Å². The fourth-order valence-corrected chi connectivity index (χ4v) is 3.00. The minimum atomic E-state index is -1.88. The molecule has 1 rings (SSSR count). The molecule has 0 aromatic heterocycles. The molecule has 1 aromatic rings. The third-order valence-electron chi connectivity index (χ3n) is 3.35. The van der Waals surface area contributed by atoms with E-state index in [4.69, 9.17) is 8.85 Å². The molecule has 3 heteroatoms. The van der Waals surface area contributed by atoms with Crippen molar-refractivity contribution in [3.8, 4) is 0 Å². The van der Waals surface area contributed by atoms with E-state index in [0.717, 1.165) is 25.5 Å². The summed E-state index contributed by atoms with van der Waals surface area (Å²) in [5, 5.41) is 0. The lowest BCUT2D eigenvalue weighted by molar-refractivity contribution is 0.203. The predicted octanol–water partition coefficient (Wildman–Crippen LogP) is 4.02. The first-order valence-corrected chi connectivity index (χ1v) is 9.07. The molecule has 0 aliphatic heterocycles. The van der Waals surface area contributed by atoms with Crippen LogP contribution in [0.25, 0.3) is 6.08 Å². The molecule has 0 spiro atoms. The summed E-state index contributed by atoms with van der Waals surface area (Å²) in [5.74, 6) is 0. The van der Waals surface area contributed by atoms with E-state index in [1.807, 2.05) is 12.1 Å². The lowest BCUT2D eigenvalue weighted by Gasteiger charge is -2.23. The average molecular weight is 264 g/mol. The molecule has 0 aliphatic carbocycles. The molecule has 1 unspecified atom stereocenters. The molecule has 0 bridgehead atoms. The van der Waals surface area contributed by atoms with E-state index in [2.05, 4.69) is 38.2 Å². The summed E-state index contributed by atoms with van der Waals surface area (Å²) in [6, 6.07) is 9.37. The zero-order chi connectivity index (χ0) is 13.4. The Balaban J connectivity index is 2.40. The van der Waals surface area contributed by atoms with Crippen molar-refractivity contribution in [1.82, 2.24) is 0 Å². The van der Waals surface area contributed by atoms with Crippen LogP contribution in [0.1, 0.15) is 24.5 Å². The first kappa shape index (κ1) is 15.2. The van der Waals surface area contributed by atoms with Crippen LogP contribution in [0.5, 0.6) is 0 Å². The molecule has 1 aromatic carbocycles. The second-order valence-electron chi connectivity index (χ2n) is 4.55. The third-order valence-corrected chi connectivity index (χ3v) is 6.31. The molecule has 2 nitrogen and oxygen atoms in total. The molecule has 0 amide bonds. The summed E-state index contributed by atoms with van der Waals surface area (Å²) in [4.78, 5) is 0. The Labute approximate surface area is 112 Å². The molecule has 0 saturated heterocycles. The Morgan fingerprint density at radius 1 is 1.33 bits per heavy atom. The van der Waals surface area contributed by atoms with Crippen molar-refractivity contribution < 1.29 is 8.85 Å². The third kappa shape index (κ3) is 4.41. The summed E-state index contributed by atoms with van der Waals surface area (Å²) in [6.45, 7) is 8.86. The zero-order valence-corrected chi connectivity index (χ0v) is 12.7. The van der Waals surface area contributed by atoms with Gasteiger partial charge in [0.05, 0.1) is 0 Å². The van der Waals surface area contributed by atoms with Gasteiger partial charge in [0, 0.05) is 13.7 Å². The van der Waals surface area contributed by atoms with Gasteiger partial charge in [0.1, 0.15) is 0 Å². The van der Waals surface area contributed by atoms with E-state index in [9.17, 15) is 0 Å². The normalized spacial score (nSPS) is 14.2.